The molecule has 27 heavy (non-hydrogen) atoms. The lowest BCUT2D eigenvalue weighted by molar-refractivity contribution is 0.726. The Kier molecular flexibility index (Phi) is 5.15. The molecule has 3 aromatic rings. The number of hydrogen-bond acceptors (Lipinski definition) is 5. The van der Waals surface area contributed by atoms with E-state index in [1.54, 1.807) is 6.20 Å². The molecule has 2 aromatic heterocycles. The Hall–Kier alpha value is -3.13. The predicted molar refractivity (Wildman–Crippen MR) is 109 cm³/mol. The summed E-state index contributed by atoms with van der Waals surface area (Å²) in [6.07, 6.45) is 8.61. The molecule has 136 valence electrons. The smallest absolute Gasteiger partial charge is 0.128 e. The topological polar surface area (TPSA) is 64.8 Å². The normalized spacial score (nSPS) is 14.6. The molecule has 0 aliphatic carbocycles. The summed E-state index contributed by atoms with van der Waals surface area (Å²) < 4.78 is 0. The maximum atomic E-state index is 9.47. The Labute approximate surface area is 159 Å². The van der Waals surface area contributed by atoms with Crippen molar-refractivity contribution in [1.29, 1.82) is 5.26 Å². The second-order valence-corrected chi connectivity index (χ2v) is 6.95. The molecule has 0 bridgehead atoms. The second-order valence-electron chi connectivity index (χ2n) is 6.95. The summed E-state index contributed by atoms with van der Waals surface area (Å²) in [5.41, 5.74) is 3.46. The molecule has 0 spiro atoms. The van der Waals surface area contributed by atoms with E-state index < -0.39 is 0 Å². The minimum Gasteiger partial charge on any atom is -0.379 e. The monoisotopic (exact) mass is 357 g/mol. The third-order valence-electron chi connectivity index (χ3n) is 5.11. The quantitative estimate of drug-likeness (QED) is 0.745. The highest BCUT2D eigenvalue weighted by Gasteiger charge is 2.12. The molecule has 1 N–H and O–H groups in total. The van der Waals surface area contributed by atoms with Gasteiger partial charge in [0.2, 0.25) is 0 Å². The maximum absolute atomic E-state index is 9.47. The van der Waals surface area contributed by atoms with Gasteiger partial charge in [0, 0.05) is 37.4 Å². The summed E-state index contributed by atoms with van der Waals surface area (Å²) in [7, 11) is 0. The number of aromatic nitrogens is 2. The Balaban J connectivity index is 1.57. The van der Waals surface area contributed by atoms with Crippen molar-refractivity contribution in [3.8, 4) is 6.07 Å². The molecular formula is C22H23N5. The van der Waals surface area contributed by atoms with Gasteiger partial charge in [0.15, 0.2) is 0 Å². The number of rotatable bonds is 4. The minimum atomic E-state index is 0.565. The molecule has 0 amide bonds. The molecule has 1 aromatic carbocycles. The highest BCUT2D eigenvalue weighted by molar-refractivity contribution is 5.93. The summed E-state index contributed by atoms with van der Waals surface area (Å²) in [6.45, 7) is 2.81. The first-order chi connectivity index (χ1) is 13.3. The average molecular weight is 357 g/mol. The van der Waals surface area contributed by atoms with Gasteiger partial charge in [-0.1, -0.05) is 31.0 Å². The number of nitrogens with zero attached hydrogens (tertiary/aromatic N) is 4. The zero-order valence-corrected chi connectivity index (χ0v) is 15.4. The van der Waals surface area contributed by atoms with Gasteiger partial charge in [0.25, 0.3) is 0 Å². The molecule has 1 saturated heterocycles. The third kappa shape index (κ3) is 3.85. The van der Waals surface area contributed by atoms with Crippen molar-refractivity contribution in [1.82, 2.24) is 9.97 Å². The second kappa shape index (κ2) is 8.05. The summed E-state index contributed by atoms with van der Waals surface area (Å²) in [5, 5.41) is 13.9. The number of anilines is 2. The van der Waals surface area contributed by atoms with Gasteiger partial charge in [0.05, 0.1) is 16.8 Å². The van der Waals surface area contributed by atoms with Crippen LogP contribution in [0, 0.1) is 11.3 Å². The fourth-order valence-corrected chi connectivity index (χ4v) is 3.65. The Morgan fingerprint density at radius 3 is 2.67 bits per heavy atom. The summed E-state index contributed by atoms with van der Waals surface area (Å²) in [6, 6.07) is 14.3. The van der Waals surface area contributed by atoms with Gasteiger partial charge < -0.3 is 10.2 Å². The van der Waals surface area contributed by atoms with Crippen LogP contribution in [-0.2, 0) is 6.54 Å². The van der Waals surface area contributed by atoms with Gasteiger partial charge >= 0.3 is 0 Å². The molecule has 0 saturated carbocycles. The zero-order valence-electron chi connectivity index (χ0n) is 15.4. The van der Waals surface area contributed by atoms with Gasteiger partial charge in [-0.05, 0) is 36.6 Å². The molecule has 5 heteroatoms. The Morgan fingerprint density at radius 1 is 1.04 bits per heavy atom. The molecule has 3 heterocycles. The van der Waals surface area contributed by atoms with Crippen LogP contribution in [0.4, 0.5) is 11.5 Å². The molecule has 1 fully saturated rings. The lowest BCUT2D eigenvalue weighted by Crippen LogP contribution is -2.25. The van der Waals surface area contributed by atoms with Crippen LogP contribution in [0.25, 0.3) is 10.9 Å². The van der Waals surface area contributed by atoms with Crippen molar-refractivity contribution in [3.05, 3.63) is 59.9 Å². The van der Waals surface area contributed by atoms with E-state index in [-0.39, 0.29) is 0 Å². The summed E-state index contributed by atoms with van der Waals surface area (Å²) in [5.74, 6) is 1.05. The third-order valence-corrected chi connectivity index (χ3v) is 5.11. The van der Waals surface area contributed by atoms with Crippen molar-refractivity contribution in [3.63, 3.8) is 0 Å². The van der Waals surface area contributed by atoms with Crippen molar-refractivity contribution >= 4 is 22.4 Å². The summed E-state index contributed by atoms with van der Waals surface area (Å²) in [4.78, 5) is 11.3. The molecule has 0 radical (unpaired) electrons. The Bertz CT molecular complexity index is 968. The van der Waals surface area contributed by atoms with Gasteiger partial charge in [0.1, 0.15) is 11.9 Å². The van der Waals surface area contributed by atoms with Gasteiger partial charge in [-0.3, -0.25) is 4.98 Å². The number of pyridine rings is 2. The molecule has 0 unspecified atom stereocenters. The highest BCUT2D eigenvalue weighted by Crippen LogP contribution is 2.26. The van der Waals surface area contributed by atoms with E-state index in [4.69, 9.17) is 0 Å². The van der Waals surface area contributed by atoms with Gasteiger partial charge in [-0.25, -0.2) is 4.98 Å². The highest BCUT2D eigenvalue weighted by atomic mass is 15.2. The predicted octanol–water partition coefficient (Wildman–Crippen LogP) is 4.49. The first kappa shape index (κ1) is 17.3. The van der Waals surface area contributed by atoms with Crippen LogP contribution in [0.2, 0.25) is 0 Å². The van der Waals surface area contributed by atoms with Crippen LogP contribution in [0.5, 0.6) is 0 Å². The number of hydrogen-bond donors (Lipinski definition) is 1. The maximum Gasteiger partial charge on any atom is 0.128 e. The van der Waals surface area contributed by atoms with Crippen LogP contribution >= 0.6 is 0 Å². The fourth-order valence-electron chi connectivity index (χ4n) is 3.65. The standard InChI is InChI=1S/C22H23N5/c23-14-18-16-25-20-8-4-3-7-19(20)22(18)26-15-17-9-10-24-21(13-17)27-11-5-1-2-6-12-27/h3-4,7-10,13,16H,1-2,5-6,11-12,15H2,(H,25,26). The van der Waals surface area contributed by atoms with Crippen LogP contribution in [0.1, 0.15) is 36.8 Å². The number of para-hydroxylation sites is 1. The zero-order chi connectivity index (χ0) is 18.5. The fraction of sp³-hybridized carbons (Fsp3) is 0.318. The number of fused-ring (bicyclic) bond motifs is 1. The van der Waals surface area contributed by atoms with E-state index >= 15 is 0 Å². The van der Waals surface area contributed by atoms with Crippen molar-refractivity contribution in [2.75, 3.05) is 23.3 Å². The number of nitriles is 1. The molecule has 1 aliphatic heterocycles. The van der Waals surface area contributed by atoms with Crippen molar-refractivity contribution in [2.45, 2.75) is 32.2 Å². The first-order valence-corrected chi connectivity index (χ1v) is 9.57. The molecular weight excluding hydrogens is 334 g/mol. The molecule has 0 atom stereocenters. The molecule has 1 aliphatic rings. The van der Waals surface area contributed by atoms with Crippen molar-refractivity contribution in [2.24, 2.45) is 0 Å². The van der Waals surface area contributed by atoms with E-state index in [0.717, 1.165) is 41.1 Å². The minimum absolute atomic E-state index is 0.565. The lowest BCUT2D eigenvalue weighted by Gasteiger charge is -2.22. The number of benzene rings is 1. The average Bonchev–Trinajstić information content (AvgIpc) is 3.01. The van der Waals surface area contributed by atoms with Crippen LogP contribution < -0.4 is 10.2 Å². The molecule has 5 nitrogen and oxygen atoms in total. The Morgan fingerprint density at radius 2 is 1.85 bits per heavy atom. The van der Waals surface area contributed by atoms with Gasteiger partial charge in [-0.2, -0.15) is 5.26 Å². The van der Waals surface area contributed by atoms with E-state index in [2.05, 4.69) is 32.3 Å². The lowest BCUT2D eigenvalue weighted by atomic mass is 10.1. The van der Waals surface area contributed by atoms with Gasteiger partial charge in [-0.15, -0.1) is 0 Å². The van der Waals surface area contributed by atoms with E-state index in [1.165, 1.54) is 25.7 Å². The van der Waals surface area contributed by atoms with E-state index in [0.29, 0.717) is 12.1 Å². The van der Waals surface area contributed by atoms with Crippen LogP contribution in [0.3, 0.4) is 0 Å². The largest absolute Gasteiger partial charge is 0.379 e. The van der Waals surface area contributed by atoms with Crippen LogP contribution in [0.15, 0.2) is 48.8 Å². The van der Waals surface area contributed by atoms with E-state index in [9.17, 15) is 5.26 Å². The van der Waals surface area contributed by atoms with Crippen molar-refractivity contribution < 1.29 is 0 Å². The first-order valence-electron chi connectivity index (χ1n) is 9.57. The molecule has 4 rings (SSSR count). The van der Waals surface area contributed by atoms with Crippen LogP contribution in [-0.4, -0.2) is 23.1 Å². The number of nitrogens with one attached hydrogen (secondary N) is 1. The summed E-state index contributed by atoms with van der Waals surface area (Å²) >= 11 is 0. The van der Waals surface area contributed by atoms with E-state index in [1.807, 2.05) is 36.5 Å². The SMILES string of the molecule is N#Cc1cnc2ccccc2c1NCc1ccnc(N2CCCCCC2)c1.